The molecule has 2 heterocycles. The van der Waals surface area contributed by atoms with Gasteiger partial charge < -0.3 is 10.3 Å². The third kappa shape index (κ3) is 3.48. The summed E-state index contributed by atoms with van der Waals surface area (Å²) in [6, 6.07) is 0. The Labute approximate surface area is 114 Å². The number of aromatic nitrogens is 2. The molecule has 3 N–H and O–H groups in total. The van der Waals surface area contributed by atoms with Crippen molar-refractivity contribution in [1.29, 1.82) is 0 Å². The average molecular weight is 290 g/mol. The van der Waals surface area contributed by atoms with Crippen molar-refractivity contribution in [3.63, 3.8) is 0 Å². The van der Waals surface area contributed by atoms with E-state index in [2.05, 4.69) is 15.4 Å². The van der Waals surface area contributed by atoms with Crippen LogP contribution >= 0.6 is 0 Å². The maximum atomic E-state index is 12.3. The molecule has 20 heavy (non-hydrogen) atoms. The minimum atomic E-state index is -4.15. The van der Waals surface area contributed by atoms with Crippen molar-refractivity contribution in [1.82, 2.24) is 14.9 Å². The molecule has 1 saturated heterocycles. The van der Waals surface area contributed by atoms with E-state index in [4.69, 9.17) is 5.84 Å². The SMILES string of the molecule is Cc1c(NN)ncnc1N1CCN(CC(F)(F)F)CC1. The molecule has 1 aromatic rings. The second kappa shape index (κ2) is 5.80. The molecule has 1 aromatic heterocycles. The predicted molar refractivity (Wildman–Crippen MR) is 69.3 cm³/mol. The summed E-state index contributed by atoms with van der Waals surface area (Å²) in [5.41, 5.74) is 3.27. The maximum Gasteiger partial charge on any atom is 0.401 e. The predicted octanol–water partition coefficient (Wildman–Crippen LogP) is 0.755. The molecule has 9 heteroatoms. The molecule has 0 unspecified atom stereocenters. The summed E-state index contributed by atoms with van der Waals surface area (Å²) in [5, 5.41) is 0. The zero-order valence-corrected chi connectivity index (χ0v) is 11.1. The summed E-state index contributed by atoms with van der Waals surface area (Å²) in [6.45, 7) is 2.67. The first-order chi connectivity index (χ1) is 9.40. The minimum absolute atomic E-state index is 0.355. The van der Waals surface area contributed by atoms with Crippen molar-refractivity contribution in [3.8, 4) is 0 Å². The van der Waals surface area contributed by atoms with Crippen molar-refractivity contribution in [3.05, 3.63) is 11.9 Å². The molecule has 0 aromatic carbocycles. The van der Waals surface area contributed by atoms with E-state index in [1.54, 1.807) is 0 Å². The van der Waals surface area contributed by atoms with Gasteiger partial charge in [0, 0.05) is 31.7 Å². The molecule has 1 aliphatic rings. The van der Waals surface area contributed by atoms with Gasteiger partial charge in [0.05, 0.1) is 6.54 Å². The summed E-state index contributed by atoms with van der Waals surface area (Å²) in [4.78, 5) is 11.5. The number of piperazine rings is 1. The molecule has 0 bridgehead atoms. The van der Waals surface area contributed by atoms with Crippen molar-refractivity contribution < 1.29 is 13.2 Å². The fourth-order valence-electron chi connectivity index (χ4n) is 2.28. The van der Waals surface area contributed by atoms with Gasteiger partial charge in [0.1, 0.15) is 18.0 Å². The Morgan fingerprint density at radius 2 is 1.90 bits per heavy atom. The summed E-state index contributed by atoms with van der Waals surface area (Å²) >= 11 is 0. The standard InChI is InChI=1S/C11H17F3N6/c1-8-9(18-15)16-7-17-10(8)20-4-2-19(3-5-20)6-11(12,13)14/h7H,2-6,15H2,1H3,(H,16,17,18). The van der Waals surface area contributed by atoms with Crippen molar-refractivity contribution >= 4 is 11.6 Å². The molecule has 1 aliphatic heterocycles. The van der Waals surface area contributed by atoms with Crippen molar-refractivity contribution in [2.24, 2.45) is 5.84 Å². The highest BCUT2D eigenvalue weighted by atomic mass is 19.4. The van der Waals surface area contributed by atoms with Crippen molar-refractivity contribution in [2.45, 2.75) is 13.1 Å². The van der Waals surface area contributed by atoms with Gasteiger partial charge in [-0.3, -0.25) is 4.90 Å². The molecule has 112 valence electrons. The van der Waals surface area contributed by atoms with Crippen LogP contribution in [-0.4, -0.2) is 53.8 Å². The van der Waals surface area contributed by atoms with E-state index in [0.717, 1.165) is 5.56 Å². The molecule has 2 rings (SSSR count). The van der Waals surface area contributed by atoms with Gasteiger partial charge >= 0.3 is 6.18 Å². The first kappa shape index (κ1) is 14.8. The number of anilines is 2. The number of hydrazine groups is 1. The first-order valence-electron chi connectivity index (χ1n) is 6.23. The Morgan fingerprint density at radius 3 is 2.45 bits per heavy atom. The highest BCUT2D eigenvalue weighted by molar-refractivity contribution is 5.57. The highest BCUT2D eigenvalue weighted by Gasteiger charge is 2.32. The van der Waals surface area contributed by atoms with Crippen LogP contribution < -0.4 is 16.2 Å². The Balaban J connectivity index is 2.01. The number of hydrogen-bond donors (Lipinski definition) is 2. The Morgan fingerprint density at radius 1 is 1.25 bits per heavy atom. The lowest BCUT2D eigenvalue weighted by molar-refractivity contribution is -0.146. The zero-order valence-electron chi connectivity index (χ0n) is 11.1. The van der Waals surface area contributed by atoms with E-state index < -0.39 is 12.7 Å². The number of alkyl halides is 3. The van der Waals surface area contributed by atoms with Crippen molar-refractivity contribution in [2.75, 3.05) is 43.0 Å². The van der Waals surface area contributed by atoms with Gasteiger partial charge in [-0.1, -0.05) is 0 Å². The normalized spacial score (nSPS) is 17.4. The monoisotopic (exact) mass is 290 g/mol. The molecule has 0 spiro atoms. The molecule has 0 aliphatic carbocycles. The summed E-state index contributed by atoms with van der Waals surface area (Å²) < 4.78 is 37.0. The van der Waals surface area contributed by atoms with Gasteiger partial charge in [0.25, 0.3) is 0 Å². The number of hydrogen-bond acceptors (Lipinski definition) is 6. The summed E-state index contributed by atoms with van der Waals surface area (Å²) in [6.07, 6.45) is -2.76. The summed E-state index contributed by atoms with van der Waals surface area (Å²) in [7, 11) is 0. The topological polar surface area (TPSA) is 70.3 Å². The highest BCUT2D eigenvalue weighted by Crippen LogP contribution is 2.23. The third-order valence-corrected chi connectivity index (χ3v) is 3.27. The van der Waals surface area contributed by atoms with Gasteiger partial charge in [-0.05, 0) is 6.92 Å². The number of halogens is 3. The molecule has 1 fully saturated rings. The summed E-state index contributed by atoms with van der Waals surface area (Å²) in [5.74, 6) is 6.58. The number of nitrogen functional groups attached to an aromatic ring is 1. The lowest BCUT2D eigenvalue weighted by atomic mass is 10.2. The molecular formula is C11H17F3N6. The van der Waals surface area contributed by atoms with Crippen LogP contribution in [0.25, 0.3) is 0 Å². The first-order valence-corrected chi connectivity index (χ1v) is 6.23. The number of rotatable bonds is 3. The van der Waals surface area contributed by atoms with E-state index in [0.29, 0.717) is 37.8 Å². The second-order valence-electron chi connectivity index (χ2n) is 4.69. The zero-order chi connectivity index (χ0) is 14.8. The number of nitrogens with one attached hydrogen (secondary N) is 1. The quantitative estimate of drug-likeness (QED) is 0.632. The van der Waals surface area contributed by atoms with Crippen LogP contribution in [0.3, 0.4) is 0 Å². The van der Waals surface area contributed by atoms with Gasteiger partial charge in [0.2, 0.25) is 0 Å². The molecule has 0 atom stereocenters. The molecule has 0 radical (unpaired) electrons. The van der Waals surface area contributed by atoms with E-state index in [1.807, 2.05) is 11.8 Å². The molecule has 6 nitrogen and oxygen atoms in total. The van der Waals surface area contributed by atoms with Crippen LogP contribution in [0.2, 0.25) is 0 Å². The second-order valence-corrected chi connectivity index (χ2v) is 4.69. The fraction of sp³-hybridized carbons (Fsp3) is 0.636. The van der Waals surface area contributed by atoms with E-state index in [1.165, 1.54) is 11.2 Å². The number of nitrogens with two attached hydrogens (primary N) is 1. The van der Waals surface area contributed by atoms with E-state index in [9.17, 15) is 13.2 Å². The Hall–Kier alpha value is -1.61. The molecular weight excluding hydrogens is 273 g/mol. The van der Waals surface area contributed by atoms with E-state index in [-0.39, 0.29) is 0 Å². The smallest absolute Gasteiger partial charge is 0.354 e. The van der Waals surface area contributed by atoms with Gasteiger partial charge in [-0.25, -0.2) is 15.8 Å². The van der Waals surface area contributed by atoms with Gasteiger partial charge in [-0.15, -0.1) is 0 Å². The largest absolute Gasteiger partial charge is 0.401 e. The molecule has 0 saturated carbocycles. The lowest BCUT2D eigenvalue weighted by Gasteiger charge is -2.36. The van der Waals surface area contributed by atoms with E-state index >= 15 is 0 Å². The van der Waals surface area contributed by atoms with Gasteiger partial charge in [0.15, 0.2) is 0 Å². The average Bonchev–Trinajstić information content (AvgIpc) is 2.38. The van der Waals surface area contributed by atoms with Gasteiger partial charge in [-0.2, -0.15) is 13.2 Å². The van der Waals surface area contributed by atoms with Crippen LogP contribution in [0.1, 0.15) is 5.56 Å². The minimum Gasteiger partial charge on any atom is -0.354 e. The van der Waals surface area contributed by atoms with Crippen LogP contribution in [0.5, 0.6) is 0 Å². The number of nitrogens with zero attached hydrogens (tertiary/aromatic N) is 4. The Kier molecular flexibility index (Phi) is 4.29. The third-order valence-electron chi connectivity index (χ3n) is 3.27. The van der Waals surface area contributed by atoms with Crippen LogP contribution in [0, 0.1) is 6.92 Å². The van der Waals surface area contributed by atoms with Crippen LogP contribution in [0.4, 0.5) is 24.8 Å². The maximum absolute atomic E-state index is 12.3. The molecule has 0 amide bonds. The lowest BCUT2D eigenvalue weighted by Crippen LogP contribution is -2.49. The fourth-order valence-corrected chi connectivity index (χ4v) is 2.28. The van der Waals surface area contributed by atoms with Crippen LogP contribution in [0.15, 0.2) is 6.33 Å². The van der Waals surface area contributed by atoms with Crippen LogP contribution in [-0.2, 0) is 0 Å². The Bertz CT molecular complexity index is 456.